The van der Waals surface area contributed by atoms with Crippen molar-refractivity contribution in [3.05, 3.63) is 5.82 Å². The third kappa shape index (κ3) is 4.48. The molecule has 0 aliphatic carbocycles. The topological polar surface area (TPSA) is 50.1 Å². The summed E-state index contributed by atoms with van der Waals surface area (Å²) in [6.07, 6.45) is 3.42. The van der Waals surface area contributed by atoms with Crippen LogP contribution in [0.2, 0.25) is 0 Å². The molecule has 1 aliphatic heterocycles. The van der Waals surface area contributed by atoms with Crippen molar-refractivity contribution < 1.29 is 0 Å². The zero-order valence-corrected chi connectivity index (χ0v) is 14.0. The van der Waals surface area contributed by atoms with Gasteiger partial charge in [-0.1, -0.05) is 27.2 Å². The Hall–Kier alpha value is -1.01. The molecular formula is C15H30N6. The number of rotatable bonds is 7. The Labute approximate surface area is 128 Å². The van der Waals surface area contributed by atoms with Crippen molar-refractivity contribution in [3.8, 4) is 0 Å². The molecular weight excluding hydrogens is 264 g/mol. The second kappa shape index (κ2) is 7.84. The Morgan fingerprint density at radius 2 is 1.81 bits per heavy atom. The third-order valence-corrected chi connectivity index (χ3v) is 4.32. The van der Waals surface area contributed by atoms with E-state index in [0.717, 1.165) is 57.8 Å². The molecule has 1 aliphatic rings. The molecule has 1 aromatic heterocycles. The van der Waals surface area contributed by atoms with Crippen molar-refractivity contribution in [1.29, 1.82) is 0 Å². The van der Waals surface area contributed by atoms with E-state index < -0.39 is 0 Å². The number of nitrogens with zero attached hydrogens (tertiary/aromatic N) is 6. The molecule has 0 radical (unpaired) electrons. The maximum absolute atomic E-state index is 4.35. The van der Waals surface area contributed by atoms with Gasteiger partial charge in [-0.3, -0.25) is 4.90 Å². The Morgan fingerprint density at radius 3 is 2.43 bits per heavy atom. The van der Waals surface area contributed by atoms with Crippen molar-refractivity contribution in [2.45, 2.75) is 52.6 Å². The van der Waals surface area contributed by atoms with Crippen LogP contribution in [0.4, 0.5) is 0 Å². The molecule has 1 aromatic rings. The van der Waals surface area contributed by atoms with Gasteiger partial charge in [-0.2, -0.15) is 0 Å². The number of piperazine rings is 1. The first kappa shape index (κ1) is 16.4. The molecule has 0 aromatic carbocycles. The van der Waals surface area contributed by atoms with E-state index in [9.17, 15) is 0 Å². The van der Waals surface area contributed by atoms with E-state index in [4.69, 9.17) is 0 Å². The summed E-state index contributed by atoms with van der Waals surface area (Å²) in [6.45, 7) is 12.1. The fourth-order valence-corrected chi connectivity index (χ4v) is 2.87. The molecule has 2 rings (SSSR count). The first-order valence-electron chi connectivity index (χ1n) is 8.30. The van der Waals surface area contributed by atoms with Crippen LogP contribution in [0.5, 0.6) is 0 Å². The molecule has 6 heteroatoms. The summed E-state index contributed by atoms with van der Waals surface area (Å²) < 4.78 is 2.03. The fourth-order valence-electron chi connectivity index (χ4n) is 2.87. The van der Waals surface area contributed by atoms with Gasteiger partial charge in [0.2, 0.25) is 0 Å². The van der Waals surface area contributed by atoms with Gasteiger partial charge in [0, 0.05) is 32.7 Å². The maximum atomic E-state index is 4.35. The van der Waals surface area contributed by atoms with Crippen LogP contribution in [-0.2, 0) is 6.54 Å². The molecule has 0 bridgehead atoms. The van der Waals surface area contributed by atoms with E-state index in [1.165, 1.54) is 0 Å². The molecule has 0 N–H and O–H groups in total. The Morgan fingerprint density at radius 1 is 1.10 bits per heavy atom. The second-order valence-corrected chi connectivity index (χ2v) is 6.59. The molecule has 2 heterocycles. The van der Waals surface area contributed by atoms with Gasteiger partial charge in [0.15, 0.2) is 5.82 Å². The normalized spacial score (nSPS) is 19.3. The minimum Gasteiger partial charge on any atom is -0.304 e. The van der Waals surface area contributed by atoms with E-state index in [0.29, 0.717) is 12.0 Å². The molecule has 1 saturated heterocycles. The molecule has 120 valence electrons. The highest BCUT2D eigenvalue weighted by molar-refractivity contribution is 4.94. The van der Waals surface area contributed by atoms with E-state index in [2.05, 4.69) is 53.1 Å². The number of aromatic nitrogens is 4. The van der Waals surface area contributed by atoms with E-state index in [-0.39, 0.29) is 0 Å². The highest BCUT2D eigenvalue weighted by Crippen LogP contribution is 2.25. The number of tetrazole rings is 1. The van der Waals surface area contributed by atoms with Crippen molar-refractivity contribution in [2.75, 3.05) is 33.2 Å². The Kier molecular flexibility index (Phi) is 6.11. The van der Waals surface area contributed by atoms with Crippen LogP contribution in [0.1, 0.15) is 51.9 Å². The fraction of sp³-hybridized carbons (Fsp3) is 0.933. The van der Waals surface area contributed by atoms with Crippen molar-refractivity contribution >= 4 is 0 Å². The lowest BCUT2D eigenvalue weighted by molar-refractivity contribution is 0.0992. The summed E-state index contributed by atoms with van der Waals surface area (Å²) in [5.41, 5.74) is 0. The van der Waals surface area contributed by atoms with Gasteiger partial charge in [0.25, 0.3) is 0 Å². The van der Waals surface area contributed by atoms with Gasteiger partial charge < -0.3 is 4.90 Å². The molecule has 21 heavy (non-hydrogen) atoms. The second-order valence-electron chi connectivity index (χ2n) is 6.59. The minimum absolute atomic E-state index is 0.367. The summed E-state index contributed by atoms with van der Waals surface area (Å²) in [5.74, 6) is 1.73. The number of likely N-dealkylation sites (N-methyl/N-ethyl adjacent to an activating group) is 1. The molecule has 0 saturated carbocycles. The van der Waals surface area contributed by atoms with Crippen LogP contribution in [0.25, 0.3) is 0 Å². The van der Waals surface area contributed by atoms with E-state index in [1.54, 1.807) is 0 Å². The van der Waals surface area contributed by atoms with Gasteiger partial charge in [0.1, 0.15) is 0 Å². The highest BCUT2D eigenvalue weighted by Gasteiger charge is 2.27. The summed E-state index contributed by atoms with van der Waals surface area (Å²) >= 11 is 0. The molecule has 0 amide bonds. The largest absolute Gasteiger partial charge is 0.304 e. The average molecular weight is 294 g/mol. The van der Waals surface area contributed by atoms with Gasteiger partial charge >= 0.3 is 0 Å². The lowest BCUT2D eigenvalue weighted by atomic mass is 10.1. The van der Waals surface area contributed by atoms with Crippen LogP contribution in [-0.4, -0.2) is 63.2 Å². The van der Waals surface area contributed by atoms with Crippen LogP contribution in [0.3, 0.4) is 0 Å². The summed E-state index contributed by atoms with van der Waals surface area (Å²) in [6, 6.07) is 0.367. The molecule has 1 atom stereocenters. The van der Waals surface area contributed by atoms with Gasteiger partial charge in [-0.05, 0) is 36.2 Å². The third-order valence-electron chi connectivity index (χ3n) is 4.32. The zero-order chi connectivity index (χ0) is 15.2. The Balaban J connectivity index is 2.08. The van der Waals surface area contributed by atoms with Gasteiger partial charge in [-0.15, -0.1) is 5.10 Å². The Bertz CT molecular complexity index is 408. The average Bonchev–Trinajstić information content (AvgIpc) is 2.92. The summed E-state index contributed by atoms with van der Waals surface area (Å²) in [4.78, 5) is 4.95. The number of hydrogen-bond acceptors (Lipinski definition) is 5. The van der Waals surface area contributed by atoms with E-state index in [1.807, 2.05) is 4.68 Å². The molecule has 1 fully saturated rings. The number of aryl methyl sites for hydroxylation is 1. The smallest absolute Gasteiger partial charge is 0.168 e. The zero-order valence-electron chi connectivity index (χ0n) is 14.0. The predicted molar refractivity (Wildman–Crippen MR) is 84.0 cm³/mol. The SMILES string of the molecule is CCC[C@H](c1nnnn1CCC(C)C)N1CCN(C)CC1. The van der Waals surface area contributed by atoms with Gasteiger partial charge in [0.05, 0.1) is 6.04 Å². The quantitative estimate of drug-likeness (QED) is 0.767. The number of hydrogen-bond donors (Lipinski definition) is 0. The predicted octanol–water partition coefficient (Wildman–Crippen LogP) is 1.81. The molecule has 0 spiro atoms. The lowest BCUT2D eigenvalue weighted by Gasteiger charge is -2.37. The highest BCUT2D eigenvalue weighted by atomic mass is 15.5. The van der Waals surface area contributed by atoms with Crippen LogP contribution in [0.15, 0.2) is 0 Å². The van der Waals surface area contributed by atoms with Crippen LogP contribution in [0, 0.1) is 5.92 Å². The first-order chi connectivity index (χ1) is 10.1. The first-order valence-corrected chi connectivity index (χ1v) is 8.30. The van der Waals surface area contributed by atoms with Crippen molar-refractivity contribution in [3.63, 3.8) is 0 Å². The maximum Gasteiger partial charge on any atom is 0.168 e. The standard InChI is InChI=1S/C15H30N6/c1-5-6-14(20-11-9-19(4)10-12-20)15-16-17-18-21(15)8-7-13(2)3/h13-14H,5-12H2,1-4H3/t14-/m1/s1. The van der Waals surface area contributed by atoms with Gasteiger partial charge in [-0.25, -0.2) is 4.68 Å². The molecule has 0 unspecified atom stereocenters. The summed E-state index contributed by atoms with van der Waals surface area (Å²) in [5, 5.41) is 12.5. The van der Waals surface area contributed by atoms with Crippen LogP contribution >= 0.6 is 0 Å². The van der Waals surface area contributed by atoms with E-state index >= 15 is 0 Å². The lowest BCUT2D eigenvalue weighted by Crippen LogP contribution is -2.46. The minimum atomic E-state index is 0.367. The molecule has 6 nitrogen and oxygen atoms in total. The van der Waals surface area contributed by atoms with Crippen molar-refractivity contribution in [1.82, 2.24) is 30.0 Å². The van der Waals surface area contributed by atoms with Crippen LogP contribution < -0.4 is 0 Å². The van der Waals surface area contributed by atoms with Crippen molar-refractivity contribution in [2.24, 2.45) is 5.92 Å². The summed E-state index contributed by atoms with van der Waals surface area (Å²) in [7, 11) is 2.19. The monoisotopic (exact) mass is 294 g/mol.